The van der Waals surface area contributed by atoms with Crippen molar-refractivity contribution in [2.75, 3.05) is 24.5 Å². The maximum Gasteiger partial charge on any atom is 0.303 e. The van der Waals surface area contributed by atoms with Crippen molar-refractivity contribution in [3.05, 3.63) is 45.7 Å². The van der Waals surface area contributed by atoms with Gasteiger partial charge in [0.25, 0.3) is 0 Å². The van der Waals surface area contributed by atoms with Crippen molar-refractivity contribution in [1.82, 2.24) is 24.6 Å². The summed E-state index contributed by atoms with van der Waals surface area (Å²) in [5, 5.41) is 24.4. The molecular weight excluding hydrogens is 525 g/mol. The van der Waals surface area contributed by atoms with Crippen LogP contribution < -0.4 is 4.90 Å². The largest absolute Gasteiger partial charge is 0.481 e. The fourth-order valence-electron chi connectivity index (χ4n) is 6.10. The van der Waals surface area contributed by atoms with Crippen molar-refractivity contribution in [2.45, 2.75) is 64.1 Å². The Balaban J connectivity index is 1.38. The van der Waals surface area contributed by atoms with Crippen LogP contribution in [0.1, 0.15) is 63.3 Å². The Hall–Kier alpha value is -2.93. The molecular formula is C27H31Cl2N7O2. The smallest absolute Gasteiger partial charge is 0.303 e. The number of anilines is 1. The Labute approximate surface area is 232 Å². The fourth-order valence-corrected chi connectivity index (χ4v) is 6.66. The molecule has 2 saturated heterocycles. The van der Waals surface area contributed by atoms with Crippen LogP contribution in [0.3, 0.4) is 0 Å². The molecule has 0 radical (unpaired) electrons. The minimum absolute atomic E-state index is 0.224. The predicted octanol–water partition coefficient (Wildman–Crippen LogP) is 5.16. The number of halogens is 2. The van der Waals surface area contributed by atoms with E-state index in [4.69, 9.17) is 33.3 Å². The highest BCUT2D eigenvalue weighted by molar-refractivity contribution is 6.35. The number of likely N-dealkylation sites (tertiary alicyclic amines) is 1. The number of fused-ring (bicyclic) bond motifs is 1. The summed E-state index contributed by atoms with van der Waals surface area (Å²) in [6, 6.07) is 7.97. The maximum absolute atomic E-state index is 11.1. The van der Waals surface area contributed by atoms with Crippen molar-refractivity contribution in [1.29, 1.82) is 5.26 Å². The quantitative estimate of drug-likeness (QED) is 0.425. The number of aliphatic carboxylic acids is 1. The lowest BCUT2D eigenvalue weighted by Gasteiger charge is -2.43. The molecule has 2 aliphatic rings. The molecule has 2 aromatic heterocycles. The third-order valence-electron chi connectivity index (χ3n) is 8.00. The number of rotatable bonds is 7. The number of carboxylic acid groups (broad SMARTS) is 1. The molecule has 200 valence electrons. The van der Waals surface area contributed by atoms with E-state index >= 15 is 0 Å². The highest BCUT2D eigenvalue weighted by Crippen LogP contribution is 2.34. The van der Waals surface area contributed by atoms with Gasteiger partial charge in [-0.2, -0.15) is 10.4 Å². The molecule has 9 nitrogen and oxygen atoms in total. The number of benzene rings is 1. The van der Waals surface area contributed by atoms with E-state index in [1.807, 2.05) is 13.0 Å². The van der Waals surface area contributed by atoms with E-state index in [0.717, 1.165) is 50.3 Å². The first-order valence-corrected chi connectivity index (χ1v) is 13.8. The zero-order valence-electron chi connectivity index (χ0n) is 21.5. The topological polar surface area (TPSA) is 111 Å². The molecule has 0 saturated carbocycles. The Morgan fingerprint density at radius 3 is 2.82 bits per heavy atom. The van der Waals surface area contributed by atoms with Gasteiger partial charge in [-0.15, -0.1) is 0 Å². The van der Waals surface area contributed by atoms with Crippen LogP contribution in [-0.2, 0) is 4.79 Å². The van der Waals surface area contributed by atoms with Gasteiger partial charge in [-0.3, -0.25) is 9.69 Å². The van der Waals surface area contributed by atoms with Crippen molar-refractivity contribution >= 4 is 46.2 Å². The third-order valence-corrected chi connectivity index (χ3v) is 8.56. The number of hydrogen-bond donors (Lipinski definition) is 1. The lowest BCUT2D eigenvalue weighted by molar-refractivity contribution is -0.137. The molecule has 0 amide bonds. The number of piperidine rings is 1. The molecule has 2 aliphatic heterocycles. The first kappa shape index (κ1) is 26.7. The molecule has 0 bridgehead atoms. The fraction of sp³-hybridized carbons (Fsp3) is 0.519. The van der Waals surface area contributed by atoms with Gasteiger partial charge in [-0.05, 0) is 62.8 Å². The van der Waals surface area contributed by atoms with E-state index in [0.29, 0.717) is 45.6 Å². The van der Waals surface area contributed by atoms with Gasteiger partial charge in [-0.1, -0.05) is 36.2 Å². The van der Waals surface area contributed by atoms with Crippen LogP contribution in [0.5, 0.6) is 0 Å². The molecule has 0 spiro atoms. The molecule has 2 fully saturated rings. The van der Waals surface area contributed by atoms with Crippen molar-refractivity contribution in [3.8, 4) is 6.07 Å². The summed E-state index contributed by atoms with van der Waals surface area (Å²) in [6.45, 7) is 6.91. The predicted molar refractivity (Wildman–Crippen MR) is 147 cm³/mol. The van der Waals surface area contributed by atoms with E-state index in [9.17, 15) is 10.1 Å². The van der Waals surface area contributed by atoms with Crippen LogP contribution in [0.25, 0.3) is 11.2 Å². The number of nitriles is 1. The van der Waals surface area contributed by atoms with Crippen molar-refractivity contribution in [2.24, 2.45) is 5.92 Å². The second-order valence-corrected chi connectivity index (χ2v) is 11.2. The SMILES string of the molecule is CC(c1ccc(Cl)cc1Cl)n1nc(C#N)c2ncc(N3CC[C@H](N4CCCC4CCC(=O)O)[C@H](C)C3)nc21. The summed E-state index contributed by atoms with van der Waals surface area (Å²) >= 11 is 12.6. The van der Waals surface area contributed by atoms with E-state index in [2.05, 4.69) is 32.9 Å². The average Bonchev–Trinajstić information content (AvgIpc) is 3.51. The maximum atomic E-state index is 11.1. The summed E-state index contributed by atoms with van der Waals surface area (Å²) in [5.41, 5.74) is 2.06. The van der Waals surface area contributed by atoms with Crippen molar-refractivity contribution < 1.29 is 9.90 Å². The van der Waals surface area contributed by atoms with E-state index in [-0.39, 0.29) is 18.2 Å². The van der Waals surface area contributed by atoms with Crippen LogP contribution >= 0.6 is 23.2 Å². The highest BCUT2D eigenvalue weighted by atomic mass is 35.5. The summed E-state index contributed by atoms with van der Waals surface area (Å²) in [5.74, 6) is 0.421. The van der Waals surface area contributed by atoms with Gasteiger partial charge in [-0.25, -0.2) is 14.6 Å². The number of aromatic nitrogens is 4. The van der Waals surface area contributed by atoms with Gasteiger partial charge in [0.1, 0.15) is 17.4 Å². The minimum atomic E-state index is -0.722. The molecule has 3 aromatic rings. The third kappa shape index (κ3) is 5.18. The molecule has 2 unspecified atom stereocenters. The molecule has 11 heteroatoms. The molecule has 38 heavy (non-hydrogen) atoms. The summed E-state index contributed by atoms with van der Waals surface area (Å²) in [7, 11) is 0. The highest BCUT2D eigenvalue weighted by Gasteiger charge is 2.37. The first-order valence-electron chi connectivity index (χ1n) is 13.1. The number of hydrogen-bond acceptors (Lipinski definition) is 7. The second-order valence-electron chi connectivity index (χ2n) is 10.4. The van der Waals surface area contributed by atoms with Crippen LogP contribution in [0.15, 0.2) is 24.4 Å². The molecule has 4 heterocycles. The molecule has 1 aromatic carbocycles. The van der Waals surface area contributed by atoms with E-state index < -0.39 is 5.97 Å². The van der Waals surface area contributed by atoms with Crippen LogP contribution in [0.4, 0.5) is 5.82 Å². The van der Waals surface area contributed by atoms with Crippen LogP contribution in [0.2, 0.25) is 10.0 Å². The number of carbonyl (C=O) groups is 1. The summed E-state index contributed by atoms with van der Waals surface area (Å²) < 4.78 is 1.72. The monoisotopic (exact) mass is 555 g/mol. The van der Waals surface area contributed by atoms with Gasteiger partial charge in [0, 0.05) is 41.6 Å². The lowest BCUT2D eigenvalue weighted by atomic mass is 9.91. The zero-order valence-corrected chi connectivity index (χ0v) is 23.0. The Kier molecular flexibility index (Phi) is 7.75. The van der Waals surface area contributed by atoms with Crippen LogP contribution in [0, 0.1) is 17.2 Å². The van der Waals surface area contributed by atoms with Gasteiger partial charge in [0.15, 0.2) is 11.3 Å². The number of nitrogens with zero attached hydrogens (tertiary/aromatic N) is 7. The second kappa shape index (κ2) is 11.0. The summed E-state index contributed by atoms with van der Waals surface area (Å²) in [6.07, 6.45) is 5.84. The first-order chi connectivity index (χ1) is 18.3. The summed E-state index contributed by atoms with van der Waals surface area (Å²) in [4.78, 5) is 25.5. The normalized spacial score (nSPS) is 23.0. The Bertz CT molecular complexity index is 1390. The Morgan fingerprint density at radius 2 is 2.11 bits per heavy atom. The standard InChI is InChI=1S/C27H31Cl2N7O2/c1-16-15-34(11-9-23(16)35-10-3-4-19(35)6-8-25(37)38)24-14-31-26-22(13-30)33-36(27(26)32-24)17(2)20-7-5-18(28)12-21(20)29/h5,7,12,14,16-17,19,23H,3-4,6,8-11,15H2,1-2H3,(H,37,38)/t16-,17?,19?,23+/m1/s1. The molecule has 5 rings (SSSR count). The average molecular weight is 556 g/mol. The minimum Gasteiger partial charge on any atom is -0.481 e. The van der Waals surface area contributed by atoms with Gasteiger partial charge in [0.05, 0.1) is 12.2 Å². The van der Waals surface area contributed by atoms with Gasteiger partial charge >= 0.3 is 5.97 Å². The molecule has 0 aliphatic carbocycles. The van der Waals surface area contributed by atoms with Gasteiger partial charge < -0.3 is 10.0 Å². The van der Waals surface area contributed by atoms with Crippen LogP contribution in [-0.4, -0.2) is 67.4 Å². The van der Waals surface area contributed by atoms with Gasteiger partial charge in [0.2, 0.25) is 0 Å². The zero-order chi connectivity index (χ0) is 27.0. The number of carboxylic acids is 1. The lowest BCUT2D eigenvalue weighted by Crippen LogP contribution is -2.52. The Morgan fingerprint density at radius 1 is 1.29 bits per heavy atom. The van der Waals surface area contributed by atoms with E-state index in [1.54, 1.807) is 23.0 Å². The van der Waals surface area contributed by atoms with Crippen molar-refractivity contribution in [3.63, 3.8) is 0 Å². The van der Waals surface area contributed by atoms with E-state index in [1.165, 1.54) is 0 Å². The molecule has 4 atom stereocenters. The molecule has 1 N–H and O–H groups in total.